The van der Waals surface area contributed by atoms with Crippen molar-refractivity contribution in [2.75, 3.05) is 25.1 Å². The van der Waals surface area contributed by atoms with Crippen LogP contribution in [0, 0.1) is 11.8 Å². The zero-order chi connectivity index (χ0) is 29.9. The molecule has 1 spiro atoms. The van der Waals surface area contributed by atoms with Gasteiger partial charge < -0.3 is 25.4 Å². The lowest BCUT2D eigenvalue weighted by molar-refractivity contribution is -0.142. The van der Waals surface area contributed by atoms with E-state index in [1.165, 1.54) is 0 Å². The summed E-state index contributed by atoms with van der Waals surface area (Å²) in [6.07, 6.45) is 4.75. The molecule has 2 aromatic carbocycles. The van der Waals surface area contributed by atoms with Gasteiger partial charge in [-0.1, -0.05) is 50.1 Å². The minimum Gasteiger partial charge on any atom is -0.494 e. The number of hydrogen-bond donors (Lipinski definition) is 3. The number of carbonyl (C=O) groups excluding carboxylic acids is 3. The number of likely N-dealkylation sites (tertiary alicyclic amines) is 1. The van der Waals surface area contributed by atoms with Crippen LogP contribution in [0.25, 0.3) is 0 Å². The highest BCUT2D eigenvalue weighted by atomic mass is 32.2. The van der Waals surface area contributed by atoms with Gasteiger partial charge in [0.15, 0.2) is 0 Å². The SMILES string of the molecule is CCCCCNC(=O)C1N([C@@H](CO)Cc2ccccc2)C(=O)[C@@H]2[C@H](C(=O)Nc3ccc(OCC)cc3)[C@]3(C)CCC12S3. The summed E-state index contributed by atoms with van der Waals surface area (Å²) >= 11 is 1.64. The zero-order valence-corrected chi connectivity index (χ0v) is 25.6. The standard InChI is InChI=1S/C33H43N3O5S/c1-4-6-10-19-34-30(39)28-33-18-17-32(3,42-33)26(29(38)35-23-13-15-25(16-14-23)41-5-2)27(33)31(40)36(28)24(21-37)20-22-11-8-7-9-12-22/h7-9,11-16,24,26-28,37H,4-6,10,17-21H2,1-3H3,(H,34,39)(H,35,38)/t24-,26-,27+,28?,32+,33?/m1/s1. The van der Waals surface area contributed by atoms with E-state index in [9.17, 15) is 19.5 Å². The van der Waals surface area contributed by atoms with Crippen LogP contribution < -0.4 is 15.4 Å². The molecule has 42 heavy (non-hydrogen) atoms. The van der Waals surface area contributed by atoms with Crippen molar-refractivity contribution in [3.8, 4) is 5.75 Å². The van der Waals surface area contributed by atoms with Crippen molar-refractivity contribution in [1.29, 1.82) is 0 Å². The number of ether oxygens (including phenoxy) is 1. The largest absolute Gasteiger partial charge is 0.494 e. The first-order valence-electron chi connectivity index (χ1n) is 15.3. The van der Waals surface area contributed by atoms with Crippen LogP contribution in [0.5, 0.6) is 5.75 Å². The Morgan fingerprint density at radius 1 is 1.07 bits per heavy atom. The lowest BCUT2D eigenvalue weighted by Crippen LogP contribution is -2.57. The summed E-state index contributed by atoms with van der Waals surface area (Å²) in [6, 6.07) is 15.6. The van der Waals surface area contributed by atoms with Crippen LogP contribution in [-0.2, 0) is 20.8 Å². The highest BCUT2D eigenvalue weighted by Crippen LogP contribution is 2.71. The Hall–Kier alpha value is -3.04. The molecular formula is C33H43N3O5S. The zero-order valence-electron chi connectivity index (χ0n) is 24.8. The summed E-state index contributed by atoms with van der Waals surface area (Å²) in [4.78, 5) is 44.1. The minimum absolute atomic E-state index is 0.183. The highest BCUT2D eigenvalue weighted by molar-refractivity contribution is 8.02. The molecule has 3 amide bonds. The number of anilines is 1. The lowest BCUT2D eigenvalue weighted by atomic mass is 9.66. The van der Waals surface area contributed by atoms with Crippen LogP contribution in [0.3, 0.4) is 0 Å². The van der Waals surface area contributed by atoms with E-state index in [2.05, 4.69) is 24.5 Å². The Balaban J connectivity index is 1.47. The van der Waals surface area contributed by atoms with Gasteiger partial charge in [-0.05, 0) is 69.4 Å². The molecule has 3 aliphatic rings. The van der Waals surface area contributed by atoms with Crippen molar-refractivity contribution < 1.29 is 24.2 Å². The van der Waals surface area contributed by atoms with Gasteiger partial charge in [0.25, 0.3) is 0 Å². The van der Waals surface area contributed by atoms with Gasteiger partial charge in [0, 0.05) is 17.0 Å². The van der Waals surface area contributed by atoms with Crippen molar-refractivity contribution >= 4 is 35.2 Å². The molecule has 5 rings (SSSR count). The average Bonchev–Trinajstić information content (AvgIpc) is 3.56. The molecule has 3 N–H and O–H groups in total. The van der Waals surface area contributed by atoms with E-state index >= 15 is 0 Å². The molecule has 3 fully saturated rings. The molecule has 3 aliphatic heterocycles. The molecule has 3 saturated heterocycles. The summed E-state index contributed by atoms with van der Waals surface area (Å²) in [5, 5.41) is 16.8. The number of fused-ring (bicyclic) bond motifs is 1. The summed E-state index contributed by atoms with van der Waals surface area (Å²) in [7, 11) is 0. The number of aliphatic hydroxyl groups is 1. The maximum absolute atomic E-state index is 14.5. The van der Waals surface area contributed by atoms with Crippen LogP contribution >= 0.6 is 11.8 Å². The van der Waals surface area contributed by atoms with E-state index in [0.717, 1.165) is 37.0 Å². The summed E-state index contributed by atoms with van der Waals surface area (Å²) in [6.45, 7) is 6.92. The molecule has 6 atom stereocenters. The van der Waals surface area contributed by atoms with E-state index in [1.807, 2.05) is 49.4 Å². The van der Waals surface area contributed by atoms with E-state index in [-0.39, 0.29) is 24.3 Å². The quantitative estimate of drug-likeness (QED) is 0.297. The molecule has 226 valence electrons. The Morgan fingerprint density at radius 3 is 2.48 bits per heavy atom. The predicted octanol–water partition coefficient (Wildman–Crippen LogP) is 4.42. The van der Waals surface area contributed by atoms with Gasteiger partial charge in [-0.15, -0.1) is 11.8 Å². The second-order valence-corrected chi connectivity index (χ2v) is 13.8. The molecule has 8 nitrogen and oxygen atoms in total. The first-order valence-corrected chi connectivity index (χ1v) is 16.1. The molecular weight excluding hydrogens is 550 g/mol. The summed E-state index contributed by atoms with van der Waals surface area (Å²) < 4.78 is 4.32. The lowest BCUT2D eigenvalue weighted by Gasteiger charge is -2.37. The number of hydrogen-bond acceptors (Lipinski definition) is 6. The first-order chi connectivity index (χ1) is 20.3. The van der Waals surface area contributed by atoms with Gasteiger partial charge in [0.2, 0.25) is 17.7 Å². The molecule has 2 bridgehead atoms. The number of rotatable bonds is 13. The normalized spacial score (nSPS) is 28.4. The number of thioether (sulfide) groups is 1. The van der Waals surface area contributed by atoms with Crippen LogP contribution in [-0.4, -0.2) is 69.1 Å². The molecule has 2 aromatic rings. The third kappa shape index (κ3) is 5.53. The van der Waals surface area contributed by atoms with E-state index in [1.54, 1.807) is 28.8 Å². The summed E-state index contributed by atoms with van der Waals surface area (Å²) in [5.74, 6) is -1.13. The van der Waals surface area contributed by atoms with Gasteiger partial charge in [0.1, 0.15) is 11.8 Å². The van der Waals surface area contributed by atoms with Crippen molar-refractivity contribution in [3.63, 3.8) is 0 Å². The number of carbonyl (C=O) groups is 3. The molecule has 3 heterocycles. The smallest absolute Gasteiger partial charge is 0.244 e. The van der Waals surface area contributed by atoms with Crippen molar-refractivity contribution in [2.24, 2.45) is 11.8 Å². The molecule has 0 aromatic heterocycles. The fourth-order valence-electron chi connectivity index (χ4n) is 7.30. The fraction of sp³-hybridized carbons (Fsp3) is 0.545. The van der Waals surface area contributed by atoms with Crippen molar-refractivity contribution in [1.82, 2.24) is 10.2 Å². The van der Waals surface area contributed by atoms with Gasteiger partial charge in [-0.3, -0.25) is 14.4 Å². The van der Waals surface area contributed by atoms with E-state index in [4.69, 9.17) is 4.74 Å². The predicted molar refractivity (Wildman–Crippen MR) is 165 cm³/mol. The highest BCUT2D eigenvalue weighted by Gasteiger charge is 2.77. The Morgan fingerprint density at radius 2 is 1.81 bits per heavy atom. The second-order valence-electron chi connectivity index (χ2n) is 11.9. The molecule has 2 unspecified atom stereocenters. The van der Waals surface area contributed by atoms with Crippen LogP contribution in [0.15, 0.2) is 54.6 Å². The molecule has 0 aliphatic carbocycles. The monoisotopic (exact) mass is 593 g/mol. The number of amides is 3. The maximum atomic E-state index is 14.5. The minimum atomic E-state index is -0.757. The van der Waals surface area contributed by atoms with Gasteiger partial charge in [-0.25, -0.2) is 0 Å². The van der Waals surface area contributed by atoms with E-state index in [0.29, 0.717) is 31.7 Å². The number of benzene rings is 2. The van der Waals surface area contributed by atoms with E-state index < -0.39 is 33.4 Å². The first kappa shape index (κ1) is 30.4. The van der Waals surface area contributed by atoms with Gasteiger partial charge in [0.05, 0.1) is 35.8 Å². The van der Waals surface area contributed by atoms with Crippen molar-refractivity contribution in [3.05, 3.63) is 60.2 Å². The number of nitrogens with one attached hydrogen (secondary N) is 2. The second kappa shape index (κ2) is 12.7. The Bertz CT molecular complexity index is 1270. The summed E-state index contributed by atoms with van der Waals surface area (Å²) in [5.41, 5.74) is 1.62. The third-order valence-corrected chi connectivity index (χ3v) is 11.2. The van der Waals surface area contributed by atoms with Gasteiger partial charge >= 0.3 is 0 Å². The Kier molecular flexibility index (Phi) is 9.18. The fourth-order valence-corrected chi connectivity index (χ4v) is 9.64. The topological polar surface area (TPSA) is 108 Å². The Labute approximate surface area is 253 Å². The van der Waals surface area contributed by atoms with Crippen molar-refractivity contribution in [2.45, 2.75) is 80.9 Å². The van der Waals surface area contributed by atoms with Crippen LogP contribution in [0.4, 0.5) is 5.69 Å². The molecule has 0 saturated carbocycles. The third-order valence-electron chi connectivity index (χ3n) is 9.18. The number of aliphatic hydroxyl groups excluding tert-OH is 1. The molecule has 9 heteroatoms. The van der Waals surface area contributed by atoms with Crippen LogP contribution in [0.2, 0.25) is 0 Å². The number of nitrogens with zero attached hydrogens (tertiary/aromatic N) is 1. The molecule has 0 radical (unpaired) electrons. The van der Waals surface area contributed by atoms with Crippen LogP contribution in [0.1, 0.15) is 58.4 Å². The maximum Gasteiger partial charge on any atom is 0.244 e. The van der Waals surface area contributed by atoms with Gasteiger partial charge in [-0.2, -0.15) is 0 Å². The average molecular weight is 594 g/mol. The number of unbranched alkanes of at least 4 members (excludes halogenated alkanes) is 2.